The van der Waals surface area contributed by atoms with Crippen LogP contribution in [0.4, 0.5) is 0 Å². The maximum atomic E-state index is 13.0. The van der Waals surface area contributed by atoms with Crippen molar-refractivity contribution in [1.82, 2.24) is 15.1 Å². The molecule has 1 aromatic rings. The summed E-state index contributed by atoms with van der Waals surface area (Å²) in [5.74, 6) is 0.232. The van der Waals surface area contributed by atoms with E-state index in [0.29, 0.717) is 23.7 Å². The fourth-order valence-corrected chi connectivity index (χ4v) is 4.56. The van der Waals surface area contributed by atoms with E-state index in [1.54, 1.807) is 0 Å². The first-order valence-electron chi connectivity index (χ1n) is 8.22. The van der Waals surface area contributed by atoms with Crippen molar-refractivity contribution in [3.8, 4) is 6.07 Å². The molecule has 1 saturated carbocycles. The summed E-state index contributed by atoms with van der Waals surface area (Å²) >= 11 is 6.02. The van der Waals surface area contributed by atoms with E-state index in [0.717, 1.165) is 18.4 Å². The molecule has 1 saturated heterocycles. The first-order valence-corrected chi connectivity index (χ1v) is 8.60. The predicted octanol–water partition coefficient (Wildman–Crippen LogP) is 2.41. The molecule has 0 amide bonds. The lowest BCUT2D eigenvalue weighted by Gasteiger charge is -2.49. The second-order valence-electron chi connectivity index (χ2n) is 6.82. The Balaban J connectivity index is 1.86. The van der Waals surface area contributed by atoms with Crippen molar-refractivity contribution in [2.75, 3.05) is 13.6 Å². The molecule has 24 heavy (non-hydrogen) atoms. The van der Waals surface area contributed by atoms with Gasteiger partial charge in [0.25, 0.3) is 0 Å². The zero-order chi connectivity index (χ0) is 16.9. The number of rotatable bonds is 1. The van der Waals surface area contributed by atoms with Crippen LogP contribution in [0.2, 0.25) is 5.02 Å². The van der Waals surface area contributed by atoms with Crippen LogP contribution < -0.4 is 5.32 Å². The largest absolute Gasteiger partial charge is 0.375 e. The third kappa shape index (κ3) is 2.07. The van der Waals surface area contributed by atoms with E-state index in [1.807, 2.05) is 47.3 Å². The van der Waals surface area contributed by atoms with E-state index < -0.39 is 5.54 Å². The van der Waals surface area contributed by atoms with Crippen molar-refractivity contribution < 1.29 is 4.79 Å². The summed E-state index contributed by atoms with van der Waals surface area (Å²) in [7, 11) is 1.93. The van der Waals surface area contributed by atoms with E-state index >= 15 is 0 Å². The number of likely N-dealkylation sites (N-methyl/N-ethyl adjacent to an activating group) is 1. The van der Waals surface area contributed by atoms with E-state index in [9.17, 15) is 10.1 Å². The highest BCUT2D eigenvalue weighted by molar-refractivity contribution is 6.30. The van der Waals surface area contributed by atoms with Gasteiger partial charge in [-0.05, 0) is 30.5 Å². The highest BCUT2D eigenvalue weighted by Gasteiger charge is 2.61. The SMILES string of the molecule is CN1C=C(C#N)N2C(c3ccc(Cl)cc3)NC3CCCC(=O)C32C1. The number of allylic oxidation sites excluding steroid dienone is 1. The van der Waals surface area contributed by atoms with Crippen LogP contribution in [0.25, 0.3) is 0 Å². The van der Waals surface area contributed by atoms with Crippen molar-refractivity contribution in [3.05, 3.63) is 46.7 Å². The maximum absolute atomic E-state index is 13.0. The van der Waals surface area contributed by atoms with Crippen molar-refractivity contribution in [1.29, 1.82) is 5.26 Å². The number of nitriles is 1. The molecule has 2 aliphatic heterocycles. The smallest absolute Gasteiger partial charge is 0.161 e. The first-order chi connectivity index (χ1) is 11.6. The summed E-state index contributed by atoms with van der Waals surface area (Å²) < 4.78 is 0. The second kappa shape index (κ2) is 5.51. The molecular weight excluding hydrogens is 324 g/mol. The molecule has 6 heteroatoms. The Labute approximate surface area is 146 Å². The molecule has 1 aliphatic carbocycles. The Bertz CT molecular complexity index is 753. The Hall–Kier alpha value is -2.03. The van der Waals surface area contributed by atoms with Gasteiger partial charge >= 0.3 is 0 Å². The number of carbonyl (C=O) groups excluding carboxylic acids is 1. The minimum absolute atomic E-state index is 0.0546. The van der Waals surface area contributed by atoms with E-state index in [2.05, 4.69) is 11.4 Å². The van der Waals surface area contributed by atoms with Gasteiger partial charge in [0.1, 0.15) is 23.5 Å². The van der Waals surface area contributed by atoms with Gasteiger partial charge < -0.3 is 9.80 Å². The Kier molecular flexibility index (Phi) is 3.56. The molecule has 1 spiro atoms. The van der Waals surface area contributed by atoms with Gasteiger partial charge in [0.2, 0.25) is 0 Å². The van der Waals surface area contributed by atoms with Crippen LogP contribution in [-0.2, 0) is 4.79 Å². The lowest BCUT2D eigenvalue weighted by Crippen LogP contribution is -2.65. The van der Waals surface area contributed by atoms with E-state index in [1.165, 1.54) is 0 Å². The third-order valence-corrected chi connectivity index (χ3v) is 5.65. The molecular formula is C18H19ClN4O. The van der Waals surface area contributed by atoms with Crippen LogP contribution >= 0.6 is 11.6 Å². The fourth-order valence-electron chi connectivity index (χ4n) is 4.43. The zero-order valence-corrected chi connectivity index (χ0v) is 14.3. The van der Waals surface area contributed by atoms with Crippen LogP contribution in [0.1, 0.15) is 31.0 Å². The molecule has 1 N–H and O–H groups in total. The summed E-state index contributed by atoms with van der Waals surface area (Å²) in [5, 5.41) is 14.0. The zero-order valence-electron chi connectivity index (χ0n) is 13.5. The molecule has 4 rings (SSSR count). The van der Waals surface area contributed by atoms with Crippen molar-refractivity contribution in [3.63, 3.8) is 0 Å². The summed E-state index contributed by atoms with van der Waals surface area (Å²) in [6.45, 7) is 0.610. The summed E-state index contributed by atoms with van der Waals surface area (Å²) in [6, 6.07) is 9.97. The van der Waals surface area contributed by atoms with Crippen molar-refractivity contribution >= 4 is 17.4 Å². The van der Waals surface area contributed by atoms with Gasteiger partial charge in [-0.15, -0.1) is 0 Å². The number of hydrogen-bond donors (Lipinski definition) is 1. The van der Waals surface area contributed by atoms with Crippen LogP contribution in [0.15, 0.2) is 36.2 Å². The van der Waals surface area contributed by atoms with Crippen LogP contribution in [0, 0.1) is 11.3 Å². The number of Topliss-reactive ketones (excluding diaryl/α,β-unsaturated/α-hetero) is 1. The number of halogens is 1. The van der Waals surface area contributed by atoms with Crippen molar-refractivity contribution in [2.24, 2.45) is 0 Å². The molecule has 2 heterocycles. The molecule has 2 fully saturated rings. The van der Waals surface area contributed by atoms with Gasteiger partial charge in [0.05, 0.1) is 0 Å². The monoisotopic (exact) mass is 342 g/mol. The molecule has 124 valence electrons. The van der Waals surface area contributed by atoms with Gasteiger partial charge in [0.15, 0.2) is 5.78 Å². The molecule has 3 aliphatic rings. The number of ketones is 1. The van der Waals surface area contributed by atoms with Gasteiger partial charge in [-0.25, -0.2) is 0 Å². The number of carbonyl (C=O) groups is 1. The van der Waals surface area contributed by atoms with E-state index in [4.69, 9.17) is 11.6 Å². The topological polar surface area (TPSA) is 59.4 Å². The fraction of sp³-hybridized carbons (Fsp3) is 0.444. The van der Waals surface area contributed by atoms with Gasteiger partial charge in [-0.1, -0.05) is 23.7 Å². The van der Waals surface area contributed by atoms with Crippen molar-refractivity contribution in [2.45, 2.75) is 37.0 Å². The summed E-state index contributed by atoms with van der Waals surface area (Å²) in [4.78, 5) is 17.0. The number of nitrogens with one attached hydrogen (secondary N) is 1. The highest BCUT2D eigenvalue weighted by Crippen LogP contribution is 2.47. The lowest BCUT2D eigenvalue weighted by molar-refractivity contribution is -0.133. The third-order valence-electron chi connectivity index (χ3n) is 5.40. The van der Waals surface area contributed by atoms with Crippen LogP contribution in [-0.4, -0.2) is 40.8 Å². The molecule has 3 atom stereocenters. The normalized spacial score (nSPS) is 32.0. The minimum atomic E-state index is -0.656. The molecule has 0 radical (unpaired) electrons. The molecule has 0 aromatic heterocycles. The number of benzene rings is 1. The molecule has 5 nitrogen and oxygen atoms in total. The number of hydrogen-bond acceptors (Lipinski definition) is 5. The Morgan fingerprint density at radius 1 is 1.38 bits per heavy atom. The summed E-state index contributed by atoms with van der Waals surface area (Å²) in [6.07, 6.45) is 4.07. The highest BCUT2D eigenvalue weighted by atomic mass is 35.5. The minimum Gasteiger partial charge on any atom is -0.375 e. The second-order valence-corrected chi connectivity index (χ2v) is 7.26. The van der Waals surface area contributed by atoms with Crippen LogP contribution in [0.5, 0.6) is 0 Å². The first kappa shape index (κ1) is 15.5. The summed E-state index contributed by atoms with van der Waals surface area (Å²) in [5.41, 5.74) is 0.900. The average molecular weight is 343 g/mol. The van der Waals surface area contributed by atoms with Gasteiger partial charge in [0, 0.05) is 37.3 Å². The number of nitrogens with zero attached hydrogens (tertiary/aromatic N) is 3. The Morgan fingerprint density at radius 2 is 2.12 bits per heavy atom. The van der Waals surface area contributed by atoms with Gasteiger partial charge in [-0.3, -0.25) is 10.1 Å². The lowest BCUT2D eigenvalue weighted by atomic mass is 9.75. The molecule has 3 unspecified atom stereocenters. The molecule has 0 bridgehead atoms. The maximum Gasteiger partial charge on any atom is 0.161 e. The quantitative estimate of drug-likeness (QED) is 0.849. The van der Waals surface area contributed by atoms with Gasteiger partial charge in [-0.2, -0.15) is 5.26 Å². The standard InChI is InChI=1S/C18H19ClN4O/c1-22-10-14(9-20)23-17(12-5-7-13(19)8-6-12)21-15-3-2-4-16(24)18(15,23)11-22/h5-8,10,15,17,21H,2-4,11H2,1H3. The Morgan fingerprint density at radius 3 is 2.83 bits per heavy atom. The average Bonchev–Trinajstić information content (AvgIpc) is 2.91. The predicted molar refractivity (Wildman–Crippen MR) is 90.9 cm³/mol. The molecule has 1 aromatic carbocycles. The van der Waals surface area contributed by atoms with Crippen LogP contribution in [0.3, 0.4) is 0 Å². The van der Waals surface area contributed by atoms with E-state index in [-0.39, 0.29) is 18.0 Å².